The van der Waals surface area contributed by atoms with Crippen molar-refractivity contribution in [1.29, 1.82) is 0 Å². The van der Waals surface area contributed by atoms with E-state index in [1.807, 2.05) is 6.07 Å². The lowest BCUT2D eigenvalue weighted by atomic mass is 10.2. The molecular weight excluding hydrogens is 368 g/mol. The van der Waals surface area contributed by atoms with Crippen LogP contribution in [0.25, 0.3) is 0 Å². The molecule has 9 nitrogen and oxygen atoms in total. The summed E-state index contributed by atoms with van der Waals surface area (Å²) in [5.41, 5.74) is -0.00654. The van der Waals surface area contributed by atoms with Gasteiger partial charge in [0.1, 0.15) is 24.8 Å². The zero-order valence-corrected chi connectivity index (χ0v) is 16.4. The fourth-order valence-corrected chi connectivity index (χ4v) is 1.98. The molecule has 0 aliphatic heterocycles. The van der Waals surface area contributed by atoms with Crippen molar-refractivity contribution in [2.24, 2.45) is 0 Å². The smallest absolute Gasteiger partial charge is 0.408 e. The van der Waals surface area contributed by atoms with E-state index in [1.165, 1.54) is 7.11 Å². The first-order valence-corrected chi connectivity index (χ1v) is 8.64. The van der Waals surface area contributed by atoms with E-state index in [9.17, 15) is 19.2 Å². The minimum absolute atomic E-state index is 0.0304. The normalized spacial score (nSPS) is 11.7. The second kappa shape index (κ2) is 10.9. The van der Waals surface area contributed by atoms with E-state index in [0.29, 0.717) is 0 Å². The Labute approximate surface area is 163 Å². The number of alkyl carbamates (subject to hydrolysis) is 1. The molecule has 0 saturated carbocycles. The number of hydrogen-bond acceptors (Lipinski definition) is 7. The highest BCUT2D eigenvalue weighted by molar-refractivity contribution is 5.91. The van der Waals surface area contributed by atoms with Gasteiger partial charge in [-0.2, -0.15) is 0 Å². The van der Waals surface area contributed by atoms with Crippen LogP contribution in [0.4, 0.5) is 4.79 Å². The van der Waals surface area contributed by atoms with Crippen molar-refractivity contribution < 1.29 is 33.4 Å². The summed E-state index contributed by atoms with van der Waals surface area (Å²) in [6, 6.07) is 7.73. The second-order valence-electron chi connectivity index (χ2n) is 6.84. The monoisotopic (exact) mass is 394 g/mol. The van der Waals surface area contributed by atoms with Crippen LogP contribution in [0.5, 0.6) is 0 Å². The van der Waals surface area contributed by atoms with Gasteiger partial charge in [-0.15, -0.1) is 0 Å². The Morgan fingerprint density at radius 3 is 2.25 bits per heavy atom. The number of methoxy groups -OCH3 is 1. The molecule has 0 aromatic heterocycles. The van der Waals surface area contributed by atoms with Gasteiger partial charge in [-0.1, -0.05) is 30.3 Å². The number of benzene rings is 1. The van der Waals surface area contributed by atoms with E-state index in [-0.39, 0.29) is 6.61 Å². The number of ether oxygens (including phenoxy) is 3. The van der Waals surface area contributed by atoms with Gasteiger partial charge in [-0.05, 0) is 26.3 Å². The fourth-order valence-electron chi connectivity index (χ4n) is 1.98. The van der Waals surface area contributed by atoms with Gasteiger partial charge < -0.3 is 24.8 Å². The predicted molar refractivity (Wildman–Crippen MR) is 99.0 cm³/mol. The summed E-state index contributed by atoms with van der Waals surface area (Å²) in [6.45, 7) is 4.61. The summed E-state index contributed by atoms with van der Waals surface area (Å²) < 4.78 is 14.7. The first kappa shape index (κ1) is 22.9. The zero-order chi connectivity index (χ0) is 21.2. The van der Waals surface area contributed by atoms with Gasteiger partial charge in [0.2, 0.25) is 5.91 Å². The summed E-state index contributed by atoms with van der Waals surface area (Å²) in [5.74, 6) is -2.11. The molecule has 1 aromatic rings. The summed E-state index contributed by atoms with van der Waals surface area (Å²) in [7, 11) is 1.17. The van der Waals surface area contributed by atoms with Crippen LogP contribution in [0.15, 0.2) is 30.3 Å². The van der Waals surface area contributed by atoms with Crippen molar-refractivity contribution in [3.8, 4) is 0 Å². The Hall–Kier alpha value is -3.10. The maximum Gasteiger partial charge on any atom is 0.408 e. The van der Waals surface area contributed by atoms with Crippen LogP contribution in [0, 0.1) is 0 Å². The molecule has 0 aliphatic rings. The average molecular weight is 394 g/mol. The van der Waals surface area contributed by atoms with Gasteiger partial charge in [0.15, 0.2) is 0 Å². The second-order valence-corrected chi connectivity index (χ2v) is 6.84. The van der Waals surface area contributed by atoms with E-state index in [4.69, 9.17) is 9.47 Å². The van der Waals surface area contributed by atoms with Crippen molar-refractivity contribution in [1.82, 2.24) is 10.6 Å². The van der Waals surface area contributed by atoms with Gasteiger partial charge in [-0.25, -0.2) is 4.79 Å². The van der Waals surface area contributed by atoms with Crippen LogP contribution in [0.3, 0.4) is 0 Å². The molecule has 1 atom stereocenters. The molecule has 28 heavy (non-hydrogen) atoms. The molecule has 2 N–H and O–H groups in total. The Balaban J connectivity index is 2.69. The van der Waals surface area contributed by atoms with Gasteiger partial charge >= 0.3 is 18.0 Å². The first-order chi connectivity index (χ1) is 13.1. The summed E-state index contributed by atoms with van der Waals surface area (Å²) >= 11 is 0. The van der Waals surface area contributed by atoms with Crippen molar-refractivity contribution in [3.63, 3.8) is 0 Å². The summed E-state index contributed by atoms with van der Waals surface area (Å²) in [5, 5.41) is 4.61. The molecule has 1 aromatic carbocycles. The van der Waals surface area contributed by atoms with Crippen LogP contribution in [0.2, 0.25) is 0 Å². The predicted octanol–water partition coefficient (Wildman–Crippen LogP) is 1.30. The van der Waals surface area contributed by atoms with Crippen molar-refractivity contribution in [2.75, 3.05) is 13.7 Å². The molecule has 0 spiro atoms. The Morgan fingerprint density at radius 2 is 1.68 bits per heavy atom. The average Bonchev–Trinajstić information content (AvgIpc) is 2.62. The number of esters is 2. The molecule has 0 fully saturated rings. The van der Waals surface area contributed by atoms with E-state index < -0.39 is 48.5 Å². The number of rotatable bonds is 8. The number of hydrogen-bond donors (Lipinski definition) is 2. The molecule has 0 saturated heterocycles. The summed E-state index contributed by atoms with van der Waals surface area (Å²) in [4.78, 5) is 47.5. The maximum atomic E-state index is 12.3. The number of carbonyl (C=O) groups is 4. The third-order valence-electron chi connectivity index (χ3n) is 3.26. The third kappa shape index (κ3) is 9.56. The van der Waals surface area contributed by atoms with E-state index in [1.54, 1.807) is 45.0 Å². The lowest BCUT2D eigenvalue weighted by Crippen LogP contribution is -2.50. The number of nitrogens with one attached hydrogen (secondary N) is 2. The quantitative estimate of drug-likeness (QED) is 0.504. The zero-order valence-electron chi connectivity index (χ0n) is 16.4. The molecule has 0 unspecified atom stereocenters. The molecule has 2 amide bonds. The third-order valence-corrected chi connectivity index (χ3v) is 3.26. The molecule has 154 valence electrons. The molecule has 1 rings (SSSR count). The molecular formula is C19H26N2O7. The standard InChI is InChI=1S/C19H26N2O7/c1-19(2,3)28-18(25)21-14(17(24)20-11-16(23)26-4)10-15(22)27-12-13-8-6-5-7-9-13/h5-9,14H,10-12H2,1-4H3,(H,20,24)(H,21,25)/t14-/m0/s1. The topological polar surface area (TPSA) is 120 Å². The molecule has 9 heteroatoms. The lowest BCUT2D eigenvalue weighted by molar-refractivity contribution is -0.147. The van der Waals surface area contributed by atoms with Crippen LogP contribution in [0.1, 0.15) is 32.8 Å². The Bertz CT molecular complexity index is 683. The lowest BCUT2D eigenvalue weighted by Gasteiger charge is -2.23. The van der Waals surface area contributed by atoms with E-state index in [0.717, 1.165) is 5.56 Å². The van der Waals surface area contributed by atoms with Crippen LogP contribution >= 0.6 is 0 Å². The van der Waals surface area contributed by atoms with Crippen LogP contribution in [-0.2, 0) is 35.2 Å². The fraction of sp³-hybridized carbons (Fsp3) is 0.474. The molecule has 0 radical (unpaired) electrons. The molecule has 0 aliphatic carbocycles. The highest BCUT2D eigenvalue weighted by atomic mass is 16.6. The van der Waals surface area contributed by atoms with Gasteiger partial charge in [-0.3, -0.25) is 14.4 Å². The van der Waals surface area contributed by atoms with Crippen molar-refractivity contribution >= 4 is 23.9 Å². The van der Waals surface area contributed by atoms with Crippen LogP contribution < -0.4 is 10.6 Å². The van der Waals surface area contributed by atoms with Crippen molar-refractivity contribution in [3.05, 3.63) is 35.9 Å². The highest BCUT2D eigenvalue weighted by Crippen LogP contribution is 2.08. The number of amides is 2. The summed E-state index contributed by atoms with van der Waals surface area (Å²) in [6.07, 6.45) is -1.31. The Kier molecular flexibility index (Phi) is 8.94. The Morgan fingerprint density at radius 1 is 1.04 bits per heavy atom. The largest absolute Gasteiger partial charge is 0.468 e. The van der Waals surface area contributed by atoms with Gasteiger partial charge in [0.05, 0.1) is 13.5 Å². The van der Waals surface area contributed by atoms with Crippen LogP contribution in [-0.4, -0.2) is 49.2 Å². The minimum Gasteiger partial charge on any atom is -0.468 e. The minimum atomic E-state index is -1.28. The van der Waals surface area contributed by atoms with E-state index >= 15 is 0 Å². The molecule has 0 heterocycles. The van der Waals surface area contributed by atoms with Crippen molar-refractivity contribution in [2.45, 2.75) is 45.4 Å². The first-order valence-electron chi connectivity index (χ1n) is 8.64. The van der Waals surface area contributed by atoms with E-state index in [2.05, 4.69) is 15.4 Å². The SMILES string of the molecule is COC(=O)CNC(=O)[C@H](CC(=O)OCc1ccccc1)NC(=O)OC(C)(C)C. The number of carbonyl (C=O) groups excluding carboxylic acids is 4. The maximum absolute atomic E-state index is 12.3. The molecule has 0 bridgehead atoms. The van der Waals surface area contributed by atoms with Gasteiger partial charge in [0.25, 0.3) is 0 Å². The highest BCUT2D eigenvalue weighted by Gasteiger charge is 2.27. The van der Waals surface area contributed by atoms with Gasteiger partial charge in [0, 0.05) is 0 Å².